The van der Waals surface area contributed by atoms with Gasteiger partial charge in [-0.3, -0.25) is 20.4 Å². The van der Waals surface area contributed by atoms with E-state index in [0.717, 1.165) is 16.6 Å². The topological polar surface area (TPSA) is 90.4 Å². The summed E-state index contributed by atoms with van der Waals surface area (Å²) in [5.41, 5.74) is 8.01. The summed E-state index contributed by atoms with van der Waals surface area (Å²) in [7, 11) is 0. The fourth-order valence-corrected chi connectivity index (χ4v) is 3.78. The van der Waals surface area contributed by atoms with Gasteiger partial charge >= 0.3 is 0 Å². The molecular weight excluding hydrogens is 424 g/mol. The van der Waals surface area contributed by atoms with Crippen molar-refractivity contribution < 1.29 is 14.0 Å². The third-order valence-electron chi connectivity index (χ3n) is 4.83. The molecule has 0 radical (unpaired) electrons. The van der Waals surface area contributed by atoms with E-state index in [-0.39, 0.29) is 0 Å². The zero-order valence-corrected chi connectivity index (χ0v) is 16.7. The van der Waals surface area contributed by atoms with Gasteiger partial charge in [0.05, 0.1) is 18.4 Å². The molecule has 3 N–H and O–H groups in total. The first-order valence-corrected chi connectivity index (χ1v) is 9.67. The minimum Gasteiger partial charge on any atom is -0.467 e. The van der Waals surface area contributed by atoms with Crippen molar-refractivity contribution in [2.24, 2.45) is 0 Å². The average molecular weight is 443 g/mol. The molecule has 0 saturated carbocycles. The van der Waals surface area contributed by atoms with Gasteiger partial charge in [0.2, 0.25) is 0 Å². The number of H-pyrrole nitrogens is 1. The average Bonchev–Trinajstić information content (AvgIpc) is 3.39. The van der Waals surface area contributed by atoms with Crippen molar-refractivity contribution in [3.8, 4) is 0 Å². The summed E-state index contributed by atoms with van der Waals surface area (Å²) >= 11 is 3.26. The molecule has 2 aromatic heterocycles. The molecule has 2 amide bonds. The number of rotatable bonds is 4. The van der Waals surface area contributed by atoms with Crippen LogP contribution in [0.2, 0.25) is 0 Å². The van der Waals surface area contributed by atoms with Crippen molar-refractivity contribution >= 4 is 33.4 Å². The lowest BCUT2D eigenvalue weighted by atomic mass is 10.1. The van der Waals surface area contributed by atoms with E-state index < -0.39 is 11.8 Å². The first kappa shape index (κ1) is 18.4. The molecule has 1 aliphatic rings. The zero-order valence-electron chi connectivity index (χ0n) is 15.2. The molecule has 28 heavy (non-hydrogen) atoms. The second-order valence-corrected chi connectivity index (χ2v) is 7.62. The number of hydrazine groups is 1. The van der Waals surface area contributed by atoms with E-state index in [4.69, 9.17) is 4.42 Å². The normalized spacial score (nSPS) is 15.4. The quantitative estimate of drug-likeness (QED) is 0.540. The molecule has 0 fully saturated rings. The molecule has 0 saturated heterocycles. The summed E-state index contributed by atoms with van der Waals surface area (Å²) in [6.07, 6.45) is 4.08. The highest BCUT2D eigenvalue weighted by molar-refractivity contribution is 9.10. The van der Waals surface area contributed by atoms with E-state index in [1.54, 1.807) is 18.3 Å². The maximum absolute atomic E-state index is 12.5. The molecule has 4 rings (SSSR count). The Kier molecular flexibility index (Phi) is 4.95. The number of carbonyl (C=O) groups excluding carboxylic acids is 2. The lowest BCUT2D eigenvalue weighted by molar-refractivity contribution is 0.0843. The number of aromatic nitrogens is 1. The Morgan fingerprint density at radius 2 is 2.04 bits per heavy atom. The molecular formula is C20H19BrN4O3. The Morgan fingerprint density at radius 3 is 2.82 bits per heavy atom. The standard InChI is InChI=1S/C20H19BrN4O3/c1-12-8-13-4-2-3-5-17(13)25(12)11-18-15(6-7-28-18)19(26)23-24-20(27)16-9-14(21)10-22-16/h2-7,9-10,12,22H,8,11H2,1H3,(H,23,26)(H,24,27). The maximum atomic E-state index is 12.5. The van der Waals surface area contributed by atoms with Crippen LogP contribution in [0.1, 0.15) is 39.1 Å². The van der Waals surface area contributed by atoms with Crippen molar-refractivity contribution in [2.45, 2.75) is 25.9 Å². The molecule has 1 aromatic carbocycles. The van der Waals surface area contributed by atoms with Crippen LogP contribution in [-0.2, 0) is 13.0 Å². The molecule has 0 aliphatic carbocycles. The Morgan fingerprint density at radius 1 is 1.25 bits per heavy atom. The summed E-state index contributed by atoms with van der Waals surface area (Å²) in [4.78, 5) is 29.6. The Hall–Kier alpha value is -3.00. The number of amides is 2. The molecule has 0 bridgehead atoms. The van der Waals surface area contributed by atoms with Gasteiger partial charge in [-0.15, -0.1) is 0 Å². The lowest BCUT2D eigenvalue weighted by Gasteiger charge is -2.24. The second-order valence-electron chi connectivity index (χ2n) is 6.71. The Balaban J connectivity index is 1.44. The first-order chi connectivity index (χ1) is 13.5. The number of benzene rings is 1. The largest absolute Gasteiger partial charge is 0.467 e. The van der Waals surface area contributed by atoms with Gasteiger partial charge in [0, 0.05) is 22.4 Å². The first-order valence-electron chi connectivity index (χ1n) is 8.88. The van der Waals surface area contributed by atoms with Crippen molar-refractivity contribution in [3.05, 3.63) is 75.9 Å². The highest BCUT2D eigenvalue weighted by atomic mass is 79.9. The number of nitrogens with one attached hydrogen (secondary N) is 3. The van der Waals surface area contributed by atoms with E-state index in [9.17, 15) is 9.59 Å². The van der Waals surface area contributed by atoms with E-state index in [0.29, 0.717) is 29.6 Å². The second kappa shape index (κ2) is 7.55. The number of furan rings is 1. The van der Waals surface area contributed by atoms with Gasteiger partial charge in [-0.2, -0.15) is 0 Å². The summed E-state index contributed by atoms with van der Waals surface area (Å²) in [6.45, 7) is 2.63. The zero-order chi connectivity index (χ0) is 19.7. The molecule has 1 atom stereocenters. The smallest absolute Gasteiger partial charge is 0.286 e. The summed E-state index contributed by atoms with van der Waals surface area (Å²) < 4.78 is 6.33. The van der Waals surface area contributed by atoms with Gasteiger partial charge in [0.25, 0.3) is 11.8 Å². The van der Waals surface area contributed by atoms with Crippen molar-refractivity contribution in [1.82, 2.24) is 15.8 Å². The van der Waals surface area contributed by atoms with Crippen LogP contribution in [0.3, 0.4) is 0 Å². The molecule has 1 aliphatic heterocycles. The SMILES string of the molecule is CC1Cc2ccccc2N1Cc1occc1C(=O)NNC(=O)c1cc(Br)c[nH]1. The van der Waals surface area contributed by atoms with Crippen molar-refractivity contribution in [1.29, 1.82) is 0 Å². The molecule has 8 heteroatoms. The lowest BCUT2D eigenvalue weighted by Crippen LogP contribution is -2.42. The number of fused-ring (bicyclic) bond motifs is 1. The van der Waals surface area contributed by atoms with Gasteiger partial charge in [0.1, 0.15) is 11.5 Å². The van der Waals surface area contributed by atoms with Crippen LogP contribution in [0.25, 0.3) is 0 Å². The minimum atomic E-state index is -0.439. The van der Waals surface area contributed by atoms with Crippen LogP contribution in [0.5, 0.6) is 0 Å². The van der Waals surface area contributed by atoms with E-state index >= 15 is 0 Å². The van der Waals surface area contributed by atoms with Crippen LogP contribution in [0, 0.1) is 0 Å². The van der Waals surface area contributed by atoms with E-state index in [1.807, 2.05) is 12.1 Å². The van der Waals surface area contributed by atoms with Crippen LogP contribution < -0.4 is 15.8 Å². The molecule has 3 heterocycles. The number of halogens is 1. The molecule has 7 nitrogen and oxygen atoms in total. The third-order valence-corrected chi connectivity index (χ3v) is 5.29. The number of nitrogens with zero attached hydrogens (tertiary/aromatic N) is 1. The van der Waals surface area contributed by atoms with Crippen LogP contribution >= 0.6 is 15.9 Å². The van der Waals surface area contributed by atoms with Gasteiger partial charge in [-0.25, -0.2) is 0 Å². The predicted molar refractivity (Wildman–Crippen MR) is 108 cm³/mol. The van der Waals surface area contributed by atoms with Crippen LogP contribution in [-0.4, -0.2) is 22.8 Å². The summed E-state index contributed by atoms with van der Waals surface area (Å²) in [5, 5.41) is 0. The molecule has 3 aromatic rings. The number of carbonyl (C=O) groups is 2. The Labute approximate surface area is 170 Å². The van der Waals surface area contributed by atoms with Gasteiger partial charge < -0.3 is 14.3 Å². The summed E-state index contributed by atoms with van der Waals surface area (Å²) in [5.74, 6) is -0.313. The number of aromatic amines is 1. The highest BCUT2D eigenvalue weighted by Gasteiger charge is 2.28. The molecule has 0 spiro atoms. The number of para-hydroxylation sites is 1. The van der Waals surface area contributed by atoms with E-state index in [1.165, 1.54) is 11.8 Å². The van der Waals surface area contributed by atoms with Crippen molar-refractivity contribution in [2.75, 3.05) is 4.90 Å². The number of hydrogen-bond acceptors (Lipinski definition) is 4. The molecule has 1 unspecified atom stereocenters. The fraction of sp³-hybridized carbons (Fsp3) is 0.200. The van der Waals surface area contributed by atoms with Crippen LogP contribution in [0.4, 0.5) is 5.69 Å². The van der Waals surface area contributed by atoms with Gasteiger partial charge in [0.15, 0.2) is 0 Å². The van der Waals surface area contributed by atoms with Crippen molar-refractivity contribution in [3.63, 3.8) is 0 Å². The van der Waals surface area contributed by atoms with Gasteiger partial charge in [-0.1, -0.05) is 18.2 Å². The monoisotopic (exact) mass is 442 g/mol. The Bertz CT molecular complexity index is 1030. The fourth-order valence-electron chi connectivity index (χ4n) is 3.44. The highest BCUT2D eigenvalue weighted by Crippen LogP contribution is 2.33. The van der Waals surface area contributed by atoms with E-state index in [2.05, 4.69) is 55.7 Å². The molecule has 144 valence electrons. The maximum Gasteiger partial charge on any atom is 0.286 e. The number of anilines is 1. The van der Waals surface area contributed by atoms with Gasteiger partial charge in [-0.05, 0) is 53.0 Å². The minimum absolute atomic E-state index is 0.310. The van der Waals surface area contributed by atoms with Crippen LogP contribution in [0.15, 0.2) is 57.7 Å². The predicted octanol–water partition coefficient (Wildman–Crippen LogP) is 3.40. The number of hydrogen-bond donors (Lipinski definition) is 3. The third kappa shape index (κ3) is 3.55. The summed E-state index contributed by atoms with van der Waals surface area (Å²) in [6, 6.07) is 11.8.